The lowest BCUT2D eigenvalue weighted by molar-refractivity contribution is -0.127. The molecule has 1 unspecified atom stereocenters. The second-order valence-corrected chi connectivity index (χ2v) is 7.84. The zero-order chi connectivity index (χ0) is 24.1. The molecular weight excluding hydrogens is 434 g/mol. The summed E-state index contributed by atoms with van der Waals surface area (Å²) in [5, 5.41) is 15.7. The Morgan fingerprint density at radius 3 is 2.50 bits per heavy atom. The number of rotatable bonds is 9. The van der Waals surface area contributed by atoms with Crippen LogP contribution in [0.25, 0.3) is 17.0 Å². The number of amides is 1. The average molecular weight is 462 g/mol. The van der Waals surface area contributed by atoms with Crippen LogP contribution in [0.1, 0.15) is 18.1 Å². The largest absolute Gasteiger partial charge is 0.497 e. The smallest absolute Gasteiger partial charge is 0.260 e. The summed E-state index contributed by atoms with van der Waals surface area (Å²) in [6.07, 6.45) is -0.624. The maximum absolute atomic E-state index is 12.4. The first-order valence-electron chi connectivity index (χ1n) is 11.0. The van der Waals surface area contributed by atoms with Crippen molar-refractivity contribution in [2.75, 3.05) is 20.3 Å². The van der Waals surface area contributed by atoms with E-state index >= 15 is 0 Å². The molecule has 9 nitrogen and oxygen atoms in total. The molecule has 4 rings (SSSR count). The highest BCUT2D eigenvalue weighted by molar-refractivity contribution is 5.80. The van der Waals surface area contributed by atoms with Gasteiger partial charge in [-0.3, -0.25) is 4.79 Å². The van der Waals surface area contributed by atoms with E-state index in [0.29, 0.717) is 29.6 Å². The first-order chi connectivity index (χ1) is 16.4. The van der Waals surface area contributed by atoms with E-state index in [4.69, 9.17) is 14.2 Å². The molecule has 0 bridgehead atoms. The van der Waals surface area contributed by atoms with Crippen molar-refractivity contribution in [3.63, 3.8) is 0 Å². The monoisotopic (exact) mass is 461 g/mol. The van der Waals surface area contributed by atoms with Crippen LogP contribution >= 0.6 is 0 Å². The minimum Gasteiger partial charge on any atom is -0.497 e. The molecule has 0 spiro atoms. The number of ether oxygens (including phenoxy) is 3. The number of nitrogens with zero attached hydrogens (tertiary/aromatic N) is 4. The van der Waals surface area contributed by atoms with E-state index < -0.39 is 6.10 Å². The number of methoxy groups -OCH3 is 1. The van der Waals surface area contributed by atoms with Gasteiger partial charge in [-0.15, -0.1) is 15.3 Å². The summed E-state index contributed by atoms with van der Waals surface area (Å²) in [6, 6.07) is 16.7. The standard InChI is InChI=1S/C25H27N5O4/c1-16-5-8-21(15-17(16)2)34-18(3)25(31)26-13-14-33-23-12-11-22-27-28-24(30(22)29-23)19-6-9-20(32-4)10-7-19/h5-12,15,18H,13-14H2,1-4H3,(H,26,31). The number of nitrogens with one attached hydrogen (secondary N) is 1. The van der Waals surface area contributed by atoms with E-state index in [1.165, 1.54) is 5.56 Å². The molecule has 0 aliphatic heterocycles. The number of hydrogen-bond acceptors (Lipinski definition) is 7. The molecule has 0 aliphatic rings. The van der Waals surface area contributed by atoms with E-state index in [-0.39, 0.29) is 12.5 Å². The minimum atomic E-state index is -0.624. The lowest BCUT2D eigenvalue weighted by atomic mass is 10.1. The Kier molecular flexibility index (Phi) is 6.91. The Balaban J connectivity index is 1.31. The highest BCUT2D eigenvalue weighted by Gasteiger charge is 2.15. The van der Waals surface area contributed by atoms with E-state index in [2.05, 4.69) is 20.6 Å². The van der Waals surface area contributed by atoms with Gasteiger partial charge < -0.3 is 19.5 Å². The molecule has 0 radical (unpaired) electrons. The topological polar surface area (TPSA) is 99.9 Å². The SMILES string of the molecule is COc1ccc(-c2nnc3ccc(OCCNC(=O)C(C)Oc4ccc(C)c(C)c4)nn23)cc1. The summed E-state index contributed by atoms with van der Waals surface area (Å²) in [5.41, 5.74) is 3.74. The van der Waals surface area contributed by atoms with Gasteiger partial charge in [0.15, 0.2) is 17.6 Å². The molecule has 0 saturated carbocycles. The van der Waals surface area contributed by atoms with E-state index in [0.717, 1.165) is 16.9 Å². The van der Waals surface area contributed by atoms with E-state index in [1.807, 2.05) is 56.3 Å². The number of benzene rings is 2. The third-order valence-corrected chi connectivity index (χ3v) is 5.40. The fraction of sp³-hybridized carbons (Fsp3) is 0.280. The Morgan fingerprint density at radius 2 is 1.76 bits per heavy atom. The van der Waals surface area contributed by atoms with Gasteiger partial charge in [-0.05, 0) is 74.4 Å². The van der Waals surface area contributed by atoms with Gasteiger partial charge in [-0.1, -0.05) is 6.07 Å². The van der Waals surface area contributed by atoms with Crippen LogP contribution in [0.2, 0.25) is 0 Å². The molecule has 1 atom stereocenters. The Bertz CT molecular complexity index is 1290. The fourth-order valence-electron chi connectivity index (χ4n) is 3.29. The lowest BCUT2D eigenvalue weighted by Gasteiger charge is -2.15. The molecule has 176 valence electrons. The lowest BCUT2D eigenvalue weighted by Crippen LogP contribution is -2.38. The minimum absolute atomic E-state index is 0.217. The maximum Gasteiger partial charge on any atom is 0.260 e. The molecule has 2 aromatic carbocycles. The molecule has 2 aromatic heterocycles. The van der Waals surface area contributed by atoms with Gasteiger partial charge in [-0.2, -0.15) is 4.52 Å². The number of aromatic nitrogens is 4. The molecule has 1 amide bonds. The molecule has 0 saturated heterocycles. The quantitative estimate of drug-likeness (QED) is 0.382. The van der Waals surface area contributed by atoms with Crippen molar-refractivity contribution in [3.05, 3.63) is 65.7 Å². The molecule has 1 N–H and O–H groups in total. The molecule has 34 heavy (non-hydrogen) atoms. The summed E-state index contributed by atoms with van der Waals surface area (Å²) in [5.74, 6) is 2.20. The van der Waals surface area contributed by atoms with Gasteiger partial charge in [0.1, 0.15) is 18.1 Å². The van der Waals surface area contributed by atoms with Crippen molar-refractivity contribution in [1.82, 2.24) is 25.1 Å². The van der Waals surface area contributed by atoms with Crippen LogP contribution in [-0.2, 0) is 4.79 Å². The molecule has 0 fully saturated rings. The summed E-state index contributed by atoms with van der Waals surface area (Å²) >= 11 is 0. The van der Waals surface area contributed by atoms with Crippen LogP contribution in [0.4, 0.5) is 0 Å². The van der Waals surface area contributed by atoms with Crippen molar-refractivity contribution >= 4 is 11.6 Å². The summed E-state index contributed by atoms with van der Waals surface area (Å²) in [4.78, 5) is 12.4. The number of aryl methyl sites for hydroxylation is 2. The van der Waals surface area contributed by atoms with Crippen molar-refractivity contribution in [2.24, 2.45) is 0 Å². The Labute approximate surface area is 197 Å². The second kappa shape index (κ2) is 10.2. The highest BCUT2D eigenvalue weighted by atomic mass is 16.5. The average Bonchev–Trinajstić information content (AvgIpc) is 3.27. The van der Waals surface area contributed by atoms with Gasteiger partial charge in [0, 0.05) is 11.6 Å². The van der Waals surface area contributed by atoms with Gasteiger partial charge in [0.25, 0.3) is 5.91 Å². The number of carbonyl (C=O) groups is 1. The van der Waals surface area contributed by atoms with Crippen LogP contribution in [-0.4, -0.2) is 52.1 Å². The molecular formula is C25H27N5O4. The van der Waals surface area contributed by atoms with Crippen LogP contribution in [0.15, 0.2) is 54.6 Å². The first kappa shape index (κ1) is 23.0. The normalized spacial score (nSPS) is 11.8. The number of carbonyl (C=O) groups excluding carboxylic acids is 1. The fourth-order valence-corrected chi connectivity index (χ4v) is 3.29. The zero-order valence-electron chi connectivity index (χ0n) is 19.6. The second-order valence-electron chi connectivity index (χ2n) is 7.84. The van der Waals surface area contributed by atoms with Crippen LogP contribution in [0.3, 0.4) is 0 Å². The van der Waals surface area contributed by atoms with Gasteiger partial charge in [0.05, 0.1) is 13.7 Å². The third kappa shape index (κ3) is 5.25. The predicted molar refractivity (Wildman–Crippen MR) is 127 cm³/mol. The van der Waals surface area contributed by atoms with Crippen LogP contribution in [0.5, 0.6) is 17.4 Å². The van der Waals surface area contributed by atoms with E-state index in [1.54, 1.807) is 30.7 Å². The number of fused-ring (bicyclic) bond motifs is 1. The van der Waals surface area contributed by atoms with Crippen molar-refractivity contribution in [2.45, 2.75) is 26.9 Å². The first-order valence-corrected chi connectivity index (χ1v) is 11.0. The van der Waals surface area contributed by atoms with Gasteiger partial charge in [-0.25, -0.2) is 0 Å². The predicted octanol–water partition coefficient (Wildman–Crippen LogP) is 3.38. The molecule has 9 heteroatoms. The van der Waals surface area contributed by atoms with Crippen LogP contribution in [0, 0.1) is 13.8 Å². The van der Waals surface area contributed by atoms with E-state index in [9.17, 15) is 4.79 Å². The van der Waals surface area contributed by atoms with Crippen molar-refractivity contribution in [1.29, 1.82) is 0 Å². The summed E-state index contributed by atoms with van der Waals surface area (Å²) in [7, 11) is 1.62. The highest BCUT2D eigenvalue weighted by Crippen LogP contribution is 2.22. The Hall–Kier alpha value is -4.14. The zero-order valence-corrected chi connectivity index (χ0v) is 19.6. The van der Waals surface area contributed by atoms with Gasteiger partial charge in [0.2, 0.25) is 5.88 Å². The van der Waals surface area contributed by atoms with Crippen molar-refractivity contribution in [3.8, 4) is 28.8 Å². The molecule has 0 aliphatic carbocycles. The summed E-state index contributed by atoms with van der Waals surface area (Å²) < 4.78 is 18.3. The maximum atomic E-state index is 12.4. The number of hydrogen-bond donors (Lipinski definition) is 1. The molecule has 2 heterocycles. The van der Waals surface area contributed by atoms with Crippen LogP contribution < -0.4 is 19.5 Å². The third-order valence-electron chi connectivity index (χ3n) is 5.40. The Morgan fingerprint density at radius 1 is 1.00 bits per heavy atom. The van der Waals surface area contributed by atoms with Gasteiger partial charge >= 0.3 is 0 Å². The van der Waals surface area contributed by atoms with Crippen molar-refractivity contribution < 1.29 is 19.0 Å². The molecule has 4 aromatic rings. The summed E-state index contributed by atoms with van der Waals surface area (Å²) in [6.45, 7) is 6.32.